The van der Waals surface area contributed by atoms with Crippen LogP contribution in [0.15, 0.2) is 54.6 Å². The molecule has 0 aromatic heterocycles. The van der Waals surface area contributed by atoms with Crippen LogP contribution in [0.2, 0.25) is 0 Å². The highest BCUT2D eigenvalue weighted by Gasteiger charge is 2.35. The van der Waals surface area contributed by atoms with Crippen molar-refractivity contribution in [1.82, 2.24) is 0 Å². The van der Waals surface area contributed by atoms with Crippen LogP contribution in [-0.4, -0.2) is 18.0 Å². The van der Waals surface area contributed by atoms with Crippen molar-refractivity contribution < 1.29 is 10.1 Å². The first kappa shape index (κ1) is 15.8. The van der Waals surface area contributed by atoms with Gasteiger partial charge in [0.15, 0.2) is 6.04 Å². The summed E-state index contributed by atoms with van der Waals surface area (Å²) < 4.78 is 0. The Balaban J connectivity index is 1.73. The van der Waals surface area contributed by atoms with Gasteiger partial charge in [-0.25, -0.2) is 0 Å². The fourth-order valence-electron chi connectivity index (χ4n) is 3.50. The molecule has 1 heterocycles. The predicted molar refractivity (Wildman–Crippen MR) is 93.3 cm³/mol. The van der Waals surface area contributed by atoms with Gasteiger partial charge in [-0.05, 0) is 38.8 Å². The molecule has 0 spiro atoms. The number of quaternary nitrogens is 1. The maximum absolute atomic E-state index is 13.0. The molecule has 0 unspecified atom stereocenters. The first-order valence-corrected chi connectivity index (χ1v) is 8.39. The highest BCUT2D eigenvalue weighted by atomic mass is 16.2. The first-order valence-electron chi connectivity index (χ1n) is 8.39. The number of carbonyl (C=O) groups excluding carboxylic acids is 1. The molecule has 120 valence electrons. The minimum Gasteiger partial charge on any atom is -0.330 e. The van der Waals surface area contributed by atoms with Gasteiger partial charge in [-0.2, -0.15) is 0 Å². The summed E-state index contributed by atoms with van der Waals surface area (Å²) >= 11 is 0. The number of hydrogen-bond acceptors (Lipinski definition) is 1. The van der Waals surface area contributed by atoms with Gasteiger partial charge in [-0.3, -0.25) is 4.79 Å². The molecule has 0 radical (unpaired) electrons. The summed E-state index contributed by atoms with van der Waals surface area (Å²) in [7, 11) is 0. The lowest BCUT2D eigenvalue weighted by Crippen LogP contribution is -2.92. The average molecular weight is 309 g/mol. The van der Waals surface area contributed by atoms with Crippen LogP contribution in [0.5, 0.6) is 0 Å². The Morgan fingerprint density at radius 2 is 1.74 bits per heavy atom. The minimum absolute atomic E-state index is 0.0983. The monoisotopic (exact) mass is 309 g/mol. The Morgan fingerprint density at radius 1 is 1.09 bits per heavy atom. The maximum atomic E-state index is 13.0. The zero-order chi connectivity index (χ0) is 16.4. The van der Waals surface area contributed by atoms with Crippen LogP contribution >= 0.6 is 0 Å². The van der Waals surface area contributed by atoms with E-state index in [0.717, 1.165) is 12.1 Å². The quantitative estimate of drug-likeness (QED) is 0.926. The van der Waals surface area contributed by atoms with E-state index >= 15 is 0 Å². The van der Waals surface area contributed by atoms with E-state index in [1.165, 1.54) is 11.1 Å². The Labute approximate surface area is 138 Å². The van der Waals surface area contributed by atoms with E-state index in [9.17, 15) is 4.79 Å². The smallest absolute Gasteiger partial charge is 0.285 e. The number of nitrogens with zero attached hydrogens (tertiary/aromatic N) is 1. The number of benzene rings is 2. The van der Waals surface area contributed by atoms with Gasteiger partial charge in [0.1, 0.15) is 6.04 Å². The van der Waals surface area contributed by atoms with E-state index in [2.05, 4.69) is 43.4 Å². The van der Waals surface area contributed by atoms with Gasteiger partial charge >= 0.3 is 0 Å². The zero-order valence-corrected chi connectivity index (χ0v) is 14.1. The molecule has 3 heteroatoms. The van der Waals surface area contributed by atoms with Gasteiger partial charge in [-0.15, -0.1) is 0 Å². The lowest BCUT2D eigenvalue weighted by atomic mass is 10.1. The molecule has 1 aliphatic rings. The normalized spacial score (nSPS) is 19.3. The summed E-state index contributed by atoms with van der Waals surface area (Å²) in [6.07, 6.45) is 0.947. The van der Waals surface area contributed by atoms with Crippen LogP contribution in [0.1, 0.15) is 37.9 Å². The Kier molecular flexibility index (Phi) is 4.49. The molecule has 0 saturated carbocycles. The number of nitrogens with two attached hydrogens (primary N) is 1. The summed E-state index contributed by atoms with van der Waals surface area (Å²) in [6.45, 7) is 6.29. The predicted octanol–water partition coefficient (Wildman–Crippen LogP) is 2.68. The summed E-state index contributed by atoms with van der Waals surface area (Å²) in [5.74, 6) is 0.199. The van der Waals surface area contributed by atoms with Crippen LogP contribution in [0, 0.1) is 0 Å². The van der Waals surface area contributed by atoms with Gasteiger partial charge in [0.25, 0.3) is 5.91 Å². The Hall–Kier alpha value is -2.13. The molecule has 2 aromatic carbocycles. The maximum Gasteiger partial charge on any atom is 0.285 e. The second-order valence-corrected chi connectivity index (χ2v) is 6.57. The van der Waals surface area contributed by atoms with E-state index in [0.29, 0.717) is 0 Å². The molecule has 2 N–H and O–H groups in total. The summed E-state index contributed by atoms with van der Waals surface area (Å²) in [4.78, 5) is 15.0. The fraction of sp³-hybridized carbons (Fsp3) is 0.350. The van der Waals surface area contributed by atoms with Crippen LogP contribution in [0.3, 0.4) is 0 Å². The number of carbonyl (C=O) groups is 1. The molecular formula is C20H25N2O+. The lowest BCUT2D eigenvalue weighted by Gasteiger charge is -2.26. The van der Waals surface area contributed by atoms with Crippen molar-refractivity contribution in [1.29, 1.82) is 0 Å². The highest BCUT2D eigenvalue weighted by Crippen LogP contribution is 2.32. The van der Waals surface area contributed by atoms with E-state index < -0.39 is 0 Å². The van der Waals surface area contributed by atoms with E-state index in [-0.39, 0.29) is 24.0 Å². The van der Waals surface area contributed by atoms with Crippen molar-refractivity contribution in [3.63, 3.8) is 0 Å². The number of amides is 1. The molecule has 0 bridgehead atoms. The van der Waals surface area contributed by atoms with Crippen LogP contribution in [-0.2, 0) is 11.2 Å². The van der Waals surface area contributed by atoms with Gasteiger partial charge in [0.05, 0.1) is 0 Å². The third-order valence-corrected chi connectivity index (χ3v) is 4.74. The van der Waals surface area contributed by atoms with Gasteiger partial charge in [0, 0.05) is 17.3 Å². The molecule has 1 amide bonds. The molecule has 0 aliphatic carbocycles. The highest BCUT2D eigenvalue weighted by molar-refractivity contribution is 5.98. The fourth-order valence-corrected chi connectivity index (χ4v) is 3.50. The summed E-state index contributed by atoms with van der Waals surface area (Å²) in [5.41, 5.74) is 3.61. The molecular weight excluding hydrogens is 284 g/mol. The second-order valence-electron chi connectivity index (χ2n) is 6.57. The van der Waals surface area contributed by atoms with Crippen molar-refractivity contribution >= 4 is 11.6 Å². The third-order valence-electron chi connectivity index (χ3n) is 4.74. The van der Waals surface area contributed by atoms with Crippen molar-refractivity contribution in [3.05, 3.63) is 65.7 Å². The van der Waals surface area contributed by atoms with E-state index in [1.807, 2.05) is 42.2 Å². The molecule has 3 nitrogen and oxygen atoms in total. The molecule has 3 rings (SSSR count). The van der Waals surface area contributed by atoms with Crippen molar-refractivity contribution in [2.75, 3.05) is 4.90 Å². The van der Waals surface area contributed by atoms with Crippen molar-refractivity contribution in [3.8, 4) is 0 Å². The largest absolute Gasteiger partial charge is 0.330 e. The number of hydrogen-bond donors (Lipinski definition) is 1. The lowest BCUT2D eigenvalue weighted by molar-refractivity contribution is -0.710. The van der Waals surface area contributed by atoms with Gasteiger partial charge < -0.3 is 10.2 Å². The summed E-state index contributed by atoms with van der Waals surface area (Å²) in [6, 6.07) is 19.0. The van der Waals surface area contributed by atoms with Gasteiger partial charge in [0.2, 0.25) is 0 Å². The van der Waals surface area contributed by atoms with E-state index in [4.69, 9.17) is 0 Å². The SMILES string of the molecule is C[C@H]([NH2+][C@H](C)C(=O)N1c2ccccc2C[C@H]1C)c1ccccc1. The average Bonchev–Trinajstić information content (AvgIpc) is 2.90. The molecule has 1 aliphatic heterocycles. The first-order chi connectivity index (χ1) is 11.1. The Morgan fingerprint density at radius 3 is 2.48 bits per heavy atom. The van der Waals surface area contributed by atoms with Crippen LogP contribution < -0.4 is 10.2 Å². The van der Waals surface area contributed by atoms with Crippen LogP contribution in [0.4, 0.5) is 5.69 Å². The summed E-state index contributed by atoms with van der Waals surface area (Å²) in [5, 5.41) is 2.16. The number of rotatable bonds is 4. The molecule has 0 fully saturated rings. The van der Waals surface area contributed by atoms with Crippen molar-refractivity contribution in [2.45, 2.75) is 45.3 Å². The standard InChI is InChI=1S/C20H24N2O/c1-14-13-18-11-7-8-12-19(18)22(14)20(23)16(3)21-15(2)17-9-5-4-6-10-17/h4-12,14-16,21H,13H2,1-3H3/p+1/t14-,15+,16-/m1/s1. The number of para-hydroxylation sites is 1. The second kappa shape index (κ2) is 6.55. The number of fused-ring (bicyclic) bond motifs is 1. The molecule has 3 atom stereocenters. The molecule has 2 aromatic rings. The molecule has 23 heavy (non-hydrogen) atoms. The topological polar surface area (TPSA) is 36.9 Å². The third kappa shape index (κ3) is 3.15. The van der Waals surface area contributed by atoms with Gasteiger partial charge in [-0.1, -0.05) is 48.5 Å². The van der Waals surface area contributed by atoms with Crippen molar-refractivity contribution in [2.24, 2.45) is 0 Å². The zero-order valence-electron chi connectivity index (χ0n) is 14.1. The number of anilines is 1. The van der Waals surface area contributed by atoms with E-state index in [1.54, 1.807) is 0 Å². The molecule has 0 saturated heterocycles. The minimum atomic E-state index is -0.0983. The van der Waals surface area contributed by atoms with Crippen LogP contribution in [0.25, 0.3) is 0 Å². The Bertz CT molecular complexity index is 683.